The monoisotopic (exact) mass is 374 g/mol. The van der Waals surface area contributed by atoms with Crippen LogP contribution in [0.3, 0.4) is 0 Å². The smallest absolute Gasteiger partial charge is 0.244 e. The molecule has 0 aliphatic rings. The van der Waals surface area contributed by atoms with Gasteiger partial charge >= 0.3 is 0 Å². The van der Waals surface area contributed by atoms with Crippen LogP contribution in [0.5, 0.6) is 0 Å². The van der Waals surface area contributed by atoms with Crippen LogP contribution in [0.1, 0.15) is 11.1 Å². The quantitative estimate of drug-likeness (QED) is 0.456. The van der Waals surface area contributed by atoms with E-state index in [2.05, 4.69) is 10.5 Å². The first-order chi connectivity index (χ1) is 10.5. The highest BCUT2D eigenvalue weighted by atomic mass is 35.5. The van der Waals surface area contributed by atoms with Gasteiger partial charge in [0, 0.05) is 10.6 Å². The Morgan fingerprint density at radius 3 is 2.32 bits per heavy atom. The highest BCUT2D eigenvalue weighted by Gasteiger charge is 2.08. The molecule has 3 nitrogen and oxygen atoms in total. The number of carbonyl (C=O) groups is 1. The van der Waals surface area contributed by atoms with Gasteiger partial charge in [-0.1, -0.05) is 58.5 Å². The van der Waals surface area contributed by atoms with Gasteiger partial charge in [0.1, 0.15) is 0 Å². The highest BCUT2D eigenvalue weighted by molar-refractivity contribution is 6.45. The van der Waals surface area contributed by atoms with Crippen molar-refractivity contribution in [3.05, 3.63) is 67.6 Å². The summed E-state index contributed by atoms with van der Waals surface area (Å²) >= 11 is 23.7. The third-order valence-electron chi connectivity index (χ3n) is 2.74. The zero-order valence-electron chi connectivity index (χ0n) is 11.1. The number of rotatable bonds is 4. The van der Waals surface area contributed by atoms with Crippen LogP contribution in [0.25, 0.3) is 0 Å². The van der Waals surface area contributed by atoms with Crippen molar-refractivity contribution in [1.29, 1.82) is 0 Å². The normalized spacial score (nSPS) is 10.9. The number of nitrogens with one attached hydrogen (secondary N) is 1. The molecule has 0 radical (unpaired) electrons. The molecule has 0 unspecified atom stereocenters. The average molecular weight is 376 g/mol. The minimum absolute atomic E-state index is 0.186. The molecule has 0 fully saturated rings. The van der Waals surface area contributed by atoms with Crippen molar-refractivity contribution < 1.29 is 4.79 Å². The summed E-state index contributed by atoms with van der Waals surface area (Å²) in [5, 5.41) is 5.49. The average Bonchev–Trinajstić information content (AvgIpc) is 2.49. The summed E-state index contributed by atoms with van der Waals surface area (Å²) in [7, 11) is 0. The van der Waals surface area contributed by atoms with Gasteiger partial charge in [0.2, 0.25) is 5.91 Å². The molecule has 0 saturated carbocycles. The minimum atomic E-state index is -0.271. The van der Waals surface area contributed by atoms with Gasteiger partial charge < -0.3 is 0 Å². The van der Waals surface area contributed by atoms with Gasteiger partial charge in [0.25, 0.3) is 0 Å². The molecule has 114 valence electrons. The first-order valence-corrected chi connectivity index (χ1v) is 7.68. The summed E-state index contributed by atoms with van der Waals surface area (Å²) in [6, 6.07) is 10.2. The Bertz CT molecular complexity index is 714. The molecule has 0 spiro atoms. The van der Waals surface area contributed by atoms with Crippen LogP contribution in [-0.2, 0) is 11.2 Å². The van der Waals surface area contributed by atoms with Crippen LogP contribution in [0, 0.1) is 0 Å². The fourth-order valence-electron chi connectivity index (χ4n) is 1.66. The van der Waals surface area contributed by atoms with Crippen LogP contribution in [0.4, 0.5) is 0 Å². The summed E-state index contributed by atoms with van der Waals surface area (Å²) in [5.41, 5.74) is 3.68. The lowest BCUT2D eigenvalue weighted by molar-refractivity contribution is -0.120. The Morgan fingerprint density at radius 1 is 1.00 bits per heavy atom. The van der Waals surface area contributed by atoms with Crippen molar-refractivity contribution >= 4 is 58.5 Å². The van der Waals surface area contributed by atoms with E-state index in [9.17, 15) is 4.79 Å². The third kappa shape index (κ3) is 4.62. The topological polar surface area (TPSA) is 41.5 Å². The molecule has 22 heavy (non-hydrogen) atoms. The molecule has 0 aliphatic heterocycles. The molecule has 7 heteroatoms. The second kappa shape index (κ2) is 7.84. The maximum Gasteiger partial charge on any atom is 0.244 e. The van der Waals surface area contributed by atoms with E-state index in [-0.39, 0.29) is 17.4 Å². The standard InChI is InChI=1S/C15H10Cl4N2O/c16-10-3-1-9(2-4-10)7-14(22)21-20-8-11-12(17)5-6-13(18)15(11)19/h1-6,8H,7H2,(H,21,22)/b20-8-. The molecule has 0 aliphatic carbocycles. The molecule has 2 aromatic carbocycles. The number of carbonyl (C=O) groups excluding carboxylic acids is 1. The van der Waals surface area contributed by atoms with Crippen LogP contribution < -0.4 is 5.43 Å². The van der Waals surface area contributed by atoms with Gasteiger partial charge in [-0.25, -0.2) is 5.43 Å². The molecule has 2 aromatic rings. The molecule has 0 atom stereocenters. The Labute approximate surface area is 147 Å². The SMILES string of the molecule is O=C(Cc1ccc(Cl)cc1)N/N=C\c1c(Cl)ccc(Cl)c1Cl. The van der Waals surface area contributed by atoms with E-state index in [1.807, 2.05) is 0 Å². The summed E-state index contributed by atoms with van der Waals surface area (Å²) in [6.07, 6.45) is 1.54. The fourth-order valence-corrected chi connectivity index (χ4v) is 2.42. The number of hydrazone groups is 1. The zero-order valence-corrected chi connectivity index (χ0v) is 14.1. The van der Waals surface area contributed by atoms with Crippen molar-refractivity contribution in [3.8, 4) is 0 Å². The molecule has 1 N–H and O–H groups in total. The zero-order chi connectivity index (χ0) is 16.1. The van der Waals surface area contributed by atoms with E-state index >= 15 is 0 Å². The Kier molecular flexibility index (Phi) is 6.09. The van der Waals surface area contributed by atoms with Gasteiger partial charge in [0.15, 0.2) is 0 Å². The van der Waals surface area contributed by atoms with Gasteiger partial charge in [0.05, 0.1) is 27.7 Å². The van der Waals surface area contributed by atoms with Gasteiger partial charge in [-0.15, -0.1) is 0 Å². The van der Waals surface area contributed by atoms with Crippen molar-refractivity contribution in [2.45, 2.75) is 6.42 Å². The van der Waals surface area contributed by atoms with Crippen molar-refractivity contribution in [3.63, 3.8) is 0 Å². The van der Waals surface area contributed by atoms with E-state index in [1.165, 1.54) is 6.21 Å². The van der Waals surface area contributed by atoms with Gasteiger partial charge in [-0.3, -0.25) is 4.79 Å². The van der Waals surface area contributed by atoms with Crippen molar-refractivity contribution in [2.24, 2.45) is 5.10 Å². The van der Waals surface area contributed by atoms with Crippen molar-refractivity contribution in [2.75, 3.05) is 0 Å². The van der Waals surface area contributed by atoms with Gasteiger partial charge in [-0.05, 0) is 29.8 Å². The van der Waals surface area contributed by atoms with E-state index in [1.54, 1.807) is 36.4 Å². The summed E-state index contributed by atoms with van der Waals surface area (Å²) < 4.78 is 0. The molecule has 0 aromatic heterocycles. The Morgan fingerprint density at radius 2 is 1.64 bits per heavy atom. The molecular weight excluding hydrogens is 366 g/mol. The van der Waals surface area contributed by atoms with E-state index in [0.717, 1.165) is 5.56 Å². The Balaban J connectivity index is 1.99. The fraction of sp³-hybridized carbons (Fsp3) is 0.0667. The molecule has 2 rings (SSSR count). The maximum atomic E-state index is 11.8. The molecule has 0 saturated heterocycles. The van der Waals surface area contributed by atoms with Crippen LogP contribution in [0.15, 0.2) is 41.5 Å². The molecular formula is C15H10Cl4N2O. The molecule has 0 heterocycles. The lowest BCUT2D eigenvalue weighted by Gasteiger charge is -2.04. The summed E-state index contributed by atoms with van der Waals surface area (Å²) in [5.74, 6) is -0.271. The Hall–Kier alpha value is -1.26. The number of hydrogen-bond acceptors (Lipinski definition) is 2. The number of halogens is 4. The van der Waals surface area contributed by atoms with Crippen molar-refractivity contribution in [1.82, 2.24) is 5.43 Å². The lowest BCUT2D eigenvalue weighted by Crippen LogP contribution is -2.19. The third-order valence-corrected chi connectivity index (χ3v) is 4.14. The number of benzene rings is 2. The largest absolute Gasteiger partial charge is 0.273 e. The van der Waals surface area contributed by atoms with Gasteiger partial charge in [-0.2, -0.15) is 5.10 Å². The van der Waals surface area contributed by atoms with E-state index in [4.69, 9.17) is 46.4 Å². The second-order valence-corrected chi connectivity index (χ2v) is 5.98. The van der Waals surface area contributed by atoms with E-state index in [0.29, 0.717) is 20.6 Å². The molecule has 1 amide bonds. The van der Waals surface area contributed by atoms with Crippen LogP contribution in [-0.4, -0.2) is 12.1 Å². The molecule has 0 bridgehead atoms. The first-order valence-electron chi connectivity index (χ1n) is 6.17. The predicted molar refractivity (Wildman–Crippen MR) is 92.4 cm³/mol. The number of hydrogen-bond donors (Lipinski definition) is 1. The van der Waals surface area contributed by atoms with Crippen LogP contribution >= 0.6 is 46.4 Å². The highest BCUT2D eigenvalue weighted by Crippen LogP contribution is 2.29. The lowest BCUT2D eigenvalue weighted by atomic mass is 10.1. The predicted octanol–water partition coefficient (Wildman–Crippen LogP) is 4.99. The summed E-state index contributed by atoms with van der Waals surface area (Å²) in [4.78, 5) is 11.8. The number of amides is 1. The maximum absolute atomic E-state index is 11.8. The van der Waals surface area contributed by atoms with Crippen LogP contribution in [0.2, 0.25) is 20.1 Å². The summed E-state index contributed by atoms with van der Waals surface area (Å²) in [6.45, 7) is 0. The van der Waals surface area contributed by atoms with E-state index < -0.39 is 0 Å². The number of nitrogens with zero attached hydrogens (tertiary/aromatic N) is 1. The first kappa shape index (κ1) is 17.1. The minimum Gasteiger partial charge on any atom is -0.273 e. The second-order valence-electron chi connectivity index (χ2n) is 4.35.